The second-order valence-corrected chi connectivity index (χ2v) is 6.27. The zero-order valence-corrected chi connectivity index (χ0v) is 14.2. The van der Waals surface area contributed by atoms with Crippen molar-refractivity contribution in [2.75, 3.05) is 24.1 Å². The van der Waals surface area contributed by atoms with Gasteiger partial charge in [0.25, 0.3) is 0 Å². The van der Waals surface area contributed by atoms with Crippen LogP contribution in [0.15, 0.2) is 42.5 Å². The number of carbonyl (C=O) groups excluding carboxylic acids is 2. The molecule has 1 fully saturated rings. The quantitative estimate of drug-likeness (QED) is 0.900. The van der Waals surface area contributed by atoms with E-state index in [2.05, 4.69) is 10.3 Å². The van der Waals surface area contributed by atoms with E-state index in [0.29, 0.717) is 37.4 Å². The minimum atomic E-state index is -0.128. The van der Waals surface area contributed by atoms with Crippen LogP contribution in [-0.4, -0.2) is 34.8 Å². The molecule has 0 spiro atoms. The third kappa shape index (κ3) is 3.96. The van der Waals surface area contributed by atoms with Crippen molar-refractivity contribution in [2.24, 2.45) is 5.92 Å². The Labute approximate surface area is 147 Å². The van der Waals surface area contributed by atoms with E-state index in [-0.39, 0.29) is 17.7 Å². The van der Waals surface area contributed by atoms with Crippen LogP contribution in [-0.2, 0) is 9.59 Å². The van der Waals surface area contributed by atoms with E-state index >= 15 is 0 Å². The molecule has 25 heavy (non-hydrogen) atoms. The van der Waals surface area contributed by atoms with E-state index in [1.54, 1.807) is 17.9 Å². The van der Waals surface area contributed by atoms with Gasteiger partial charge in [0.15, 0.2) is 5.82 Å². The highest BCUT2D eigenvalue weighted by molar-refractivity contribution is 5.94. The molecule has 2 heterocycles. The first-order valence-electron chi connectivity index (χ1n) is 8.43. The molecule has 6 heteroatoms. The number of nitrogen functional groups attached to an aromatic ring is 1. The second-order valence-electron chi connectivity index (χ2n) is 6.27. The zero-order chi connectivity index (χ0) is 17.8. The number of nitrogens with two attached hydrogens (primary N) is 1. The predicted octanol–water partition coefficient (Wildman–Crippen LogP) is 2.53. The number of anilines is 2. The normalized spacial score (nSPS) is 15.0. The molecule has 0 unspecified atom stereocenters. The molecule has 2 amide bonds. The zero-order valence-electron chi connectivity index (χ0n) is 14.2. The Bertz CT molecular complexity index is 768. The van der Waals surface area contributed by atoms with Crippen molar-refractivity contribution in [3.05, 3.63) is 42.5 Å². The van der Waals surface area contributed by atoms with Crippen molar-refractivity contribution in [3.63, 3.8) is 0 Å². The SMILES string of the molecule is CC(=O)N1CCC(C(=O)Nc2nc(-c3ccccc3)ccc2N)CC1. The Morgan fingerprint density at radius 3 is 2.44 bits per heavy atom. The van der Waals surface area contributed by atoms with Crippen molar-refractivity contribution in [3.8, 4) is 11.3 Å². The first-order chi connectivity index (χ1) is 12.0. The van der Waals surface area contributed by atoms with E-state index in [4.69, 9.17) is 5.73 Å². The number of nitrogens with zero attached hydrogens (tertiary/aromatic N) is 2. The van der Waals surface area contributed by atoms with Crippen LogP contribution in [0.3, 0.4) is 0 Å². The summed E-state index contributed by atoms with van der Waals surface area (Å²) in [5.41, 5.74) is 8.14. The lowest BCUT2D eigenvalue weighted by Crippen LogP contribution is -2.40. The number of benzene rings is 1. The maximum atomic E-state index is 12.5. The first kappa shape index (κ1) is 17.0. The van der Waals surface area contributed by atoms with E-state index in [1.165, 1.54) is 0 Å². The molecule has 0 bridgehead atoms. The summed E-state index contributed by atoms with van der Waals surface area (Å²) in [6.07, 6.45) is 1.31. The van der Waals surface area contributed by atoms with Crippen molar-refractivity contribution >= 4 is 23.3 Å². The lowest BCUT2D eigenvalue weighted by Gasteiger charge is -2.30. The molecule has 0 saturated carbocycles. The Balaban J connectivity index is 1.70. The number of piperidine rings is 1. The van der Waals surface area contributed by atoms with Gasteiger partial charge in [-0.05, 0) is 25.0 Å². The predicted molar refractivity (Wildman–Crippen MR) is 97.7 cm³/mol. The van der Waals surface area contributed by atoms with Crippen molar-refractivity contribution in [1.29, 1.82) is 0 Å². The lowest BCUT2D eigenvalue weighted by atomic mass is 9.96. The van der Waals surface area contributed by atoms with Gasteiger partial charge >= 0.3 is 0 Å². The molecule has 1 saturated heterocycles. The number of likely N-dealkylation sites (tertiary alicyclic amines) is 1. The number of amides is 2. The third-order valence-corrected chi connectivity index (χ3v) is 4.55. The van der Waals surface area contributed by atoms with E-state index in [0.717, 1.165) is 11.3 Å². The standard InChI is InChI=1S/C19H22N4O2/c1-13(24)23-11-9-15(10-12-23)19(25)22-18-16(20)7-8-17(21-18)14-5-3-2-4-6-14/h2-8,15H,9-12,20H2,1H3,(H,21,22,25). The van der Waals surface area contributed by atoms with Crippen molar-refractivity contribution in [2.45, 2.75) is 19.8 Å². The van der Waals surface area contributed by atoms with Crippen molar-refractivity contribution in [1.82, 2.24) is 9.88 Å². The number of carbonyl (C=O) groups is 2. The monoisotopic (exact) mass is 338 g/mol. The fourth-order valence-electron chi connectivity index (χ4n) is 3.02. The van der Waals surface area contributed by atoms with Gasteiger partial charge in [0, 0.05) is 31.5 Å². The topological polar surface area (TPSA) is 88.3 Å². The molecule has 1 aromatic carbocycles. The van der Waals surface area contributed by atoms with Crippen LogP contribution in [0.1, 0.15) is 19.8 Å². The molecule has 130 valence electrons. The number of pyridine rings is 1. The summed E-state index contributed by atoms with van der Waals surface area (Å²) in [5.74, 6) is 0.227. The summed E-state index contributed by atoms with van der Waals surface area (Å²) in [4.78, 5) is 30.2. The molecule has 1 aromatic heterocycles. The highest BCUT2D eigenvalue weighted by Gasteiger charge is 2.26. The average Bonchev–Trinajstić information content (AvgIpc) is 2.64. The highest BCUT2D eigenvalue weighted by Crippen LogP contribution is 2.25. The number of rotatable bonds is 3. The summed E-state index contributed by atoms with van der Waals surface area (Å²) in [6.45, 7) is 2.78. The highest BCUT2D eigenvalue weighted by atomic mass is 16.2. The Hall–Kier alpha value is -2.89. The average molecular weight is 338 g/mol. The summed E-state index contributed by atoms with van der Waals surface area (Å²) in [6, 6.07) is 13.3. The minimum Gasteiger partial charge on any atom is -0.396 e. The summed E-state index contributed by atoms with van der Waals surface area (Å²) in [7, 11) is 0. The van der Waals surface area contributed by atoms with Crippen LogP contribution in [0, 0.1) is 5.92 Å². The maximum Gasteiger partial charge on any atom is 0.228 e. The second kappa shape index (κ2) is 7.34. The molecule has 2 aromatic rings. The minimum absolute atomic E-state index is 0.0559. The van der Waals surface area contributed by atoms with Crippen LogP contribution in [0.25, 0.3) is 11.3 Å². The molecular weight excluding hydrogens is 316 g/mol. The smallest absolute Gasteiger partial charge is 0.228 e. The summed E-state index contributed by atoms with van der Waals surface area (Å²) in [5, 5.41) is 2.86. The number of aromatic nitrogens is 1. The molecule has 0 aliphatic carbocycles. The fourth-order valence-corrected chi connectivity index (χ4v) is 3.02. The van der Waals surface area contributed by atoms with Gasteiger partial charge in [-0.3, -0.25) is 9.59 Å². The van der Waals surface area contributed by atoms with Gasteiger partial charge in [-0.2, -0.15) is 0 Å². The van der Waals surface area contributed by atoms with Gasteiger partial charge in [-0.25, -0.2) is 4.98 Å². The van der Waals surface area contributed by atoms with Gasteiger partial charge < -0.3 is 16.0 Å². The van der Waals surface area contributed by atoms with Gasteiger partial charge in [0.1, 0.15) is 0 Å². The molecule has 3 N–H and O–H groups in total. The summed E-state index contributed by atoms with van der Waals surface area (Å²) < 4.78 is 0. The molecule has 0 atom stereocenters. The molecule has 1 aliphatic heterocycles. The molecule has 0 radical (unpaired) electrons. The Morgan fingerprint density at radius 1 is 1.12 bits per heavy atom. The lowest BCUT2D eigenvalue weighted by molar-refractivity contribution is -0.132. The van der Waals surface area contributed by atoms with Crippen LogP contribution in [0.5, 0.6) is 0 Å². The number of nitrogens with one attached hydrogen (secondary N) is 1. The molecular formula is C19H22N4O2. The largest absolute Gasteiger partial charge is 0.396 e. The van der Waals surface area contributed by atoms with Gasteiger partial charge in [-0.1, -0.05) is 30.3 Å². The van der Waals surface area contributed by atoms with Crippen molar-refractivity contribution < 1.29 is 9.59 Å². The van der Waals surface area contributed by atoms with Crippen LogP contribution in [0.4, 0.5) is 11.5 Å². The fraction of sp³-hybridized carbons (Fsp3) is 0.316. The van der Waals surface area contributed by atoms with Crippen LogP contribution in [0.2, 0.25) is 0 Å². The van der Waals surface area contributed by atoms with E-state index in [1.807, 2.05) is 36.4 Å². The first-order valence-corrected chi connectivity index (χ1v) is 8.43. The van der Waals surface area contributed by atoms with Crippen LogP contribution >= 0.6 is 0 Å². The van der Waals surface area contributed by atoms with E-state index in [9.17, 15) is 9.59 Å². The number of hydrogen-bond donors (Lipinski definition) is 2. The van der Waals surface area contributed by atoms with Gasteiger partial charge in [-0.15, -0.1) is 0 Å². The maximum absolute atomic E-state index is 12.5. The van der Waals surface area contributed by atoms with Gasteiger partial charge in [0.2, 0.25) is 11.8 Å². The van der Waals surface area contributed by atoms with Gasteiger partial charge in [0.05, 0.1) is 11.4 Å². The summed E-state index contributed by atoms with van der Waals surface area (Å²) >= 11 is 0. The van der Waals surface area contributed by atoms with E-state index < -0.39 is 0 Å². The Kier molecular flexibility index (Phi) is 4.97. The Morgan fingerprint density at radius 2 is 1.80 bits per heavy atom. The molecule has 1 aliphatic rings. The molecule has 3 rings (SSSR count). The van der Waals surface area contributed by atoms with Crippen LogP contribution < -0.4 is 11.1 Å². The third-order valence-electron chi connectivity index (χ3n) is 4.55. The number of hydrogen-bond acceptors (Lipinski definition) is 4. The molecule has 6 nitrogen and oxygen atoms in total.